The van der Waals surface area contributed by atoms with Crippen molar-refractivity contribution in [2.75, 3.05) is 46.7 Å². The molecule has 0 saturated heterocycles. The second kappa shape index (κ2) is 12.9. The highest BCUT2D eigenvalue weighted by Gasteiger charge is 1.96. The summed E-state index contributed by atoms with van der Waals surface area (Å²) >= 11 is 0. The van der Waals surface area contributed by atoms with Gasteiger partial charge in [0, 0.05) is 32.9 Å². The van der Waals surface area contributed by atoms with Crippen molar-refractivity contribution >= 4 is 0 Å². The van der Waals surface area contributed by atoms with Crippen molar-refractivity contribution in [1.29, 1.82) is 0 Å². The molecule has 4 nitrogen and oxygen atoms in total. The highest BCUT2D eigenvalue weighted by molar-refractivity contribution is 4.56. The Hall–Kier alpha value is -0.160. The summed E-state index contributed by atoms with van der Waals surface area (Å²) in [6, 6.07) is 0.584. The van der Waals surface area contributed by atoms with Crippen LogP contribution >= 0.6 is 0 Å². The zero-order chi connectivity index (χ0) is 12.1. The number of rotatable bonds is 12. The van der Waals surface area contributed by atoms with Gasteiger partial charge in [-0.15, -0.1) is 0 Å². The van der Waals surface area contributed by atoms with Crippen LogP contribution in [0.15, 0.2) is 0 Å². The minimum Gasteiger partial charge on any atom is -0.382 e. The first-order valence-corrected chi connectivity index (χ1v) is 6.19. The molecule has 0 radical (unpaired) electrons. The van der Waals surface area contributed by atoms with Crippen LogP contribution in [0.2, 0.25) is 0 Å². The number of hydrogen-bond acceptors (Lipinski definition) is 4. The molecule has 16 heavy (non-hydrogen) atoms. The maximum absolute atomic E-state index is 5.46. The standard InChI is InChI=1S/C12H27NO3/c1-4-12(2)13-6-9-15-7-5-8-16-11-10-14-3/h12-13H,4-11H2,1-3H3. The van der Waals surface area contributed by atoms with Gasteiger partial charge in [0.1, 0.15) is 0 Å². The molecule has 0 heterocycles. The lowest BCUT2D eigenvalue weighted by Gasteiger charge is -2.11. The van der Waals surface area contributed by atoms with Crippen LogP contribution in [-0.2, 0) is 14.2 Å². The van der Waals surface area contributed by atoms with Crippen molar-refractivity contribution in [3.8, 4) is 0 Å². The van der Waals surface area contributed by atoms with E-state index in [0.717, 1.165) is 39.2 Å². The molecule has 98 valence electrons. The molecule has 0 aromatic carbocycles. The summed E-state index contributed by atoms with van der Waals surface area (Å²) in [6.07, 6.45) is 2.11. The Labute approximate surface area is 99.6 Å². The summed E-state index contributed by atoms with van der Waals surface area (Å²) in [7, 11) is 1.68. The smallest absolute Gasteiger partial charge is 0.0700 e. The molecule has 0 amide bonds. The van der Waals surface area contributed by atoms with Crippen LogP contribution in [0.3, 0.4) is 0 Å². The van der Waals surface area contributed by atoms with Crippen LogP contribution in [0, 0.1) is 0 Å². The Morgan fingerprint density at radius 2 is 1.69 bits per heavy atom. The molecule has 0 spiro atoms. The van der Waals surface area contributed by atoms with Crippen LogP contribution < -0.4 is 5.32 Å². The Morgan fingerprint density at radius 3 is 2.31 bits per heavy atom. The average molecular weight is 233 g/mol. The molecular formula is C12H27NO3. The third kappa shape index (κ3) is 11.9. The minimum absolute atomic E-state index is 0.584. The Kier molecular flexibility index (Phi) is 12.8. The van der Waals surface area contributed by atoms with Crippen LogP contribution in [0.1, 0.15) is 26.7 Å². The van der Waals surface area contributed by atoms with E-state index in [1.54, 1.807) is 7.11 Å². The van der Waals surface area contributed by atoms with E-state index < -0.39 is 0 Å². The molecule has 0 saturated carbocycles. The maximum atomic E-state index is 5.46. The molecule has 0 aliphatic rings. The SMILES string of the molecule is CCC(C)NCCOCCCOCCOC. The van der Waals surface area contributed by atoms with E-state index >= 15 is 0 Å². The van der Waals surface area contributed by atoms with E-state index in [9.17, 15) is 0 Å². The largest absolute Gasteiger partial charge is 0.382 e. The van der Waals surface area contributed by atoms with Crippen molar-refractivity contribution in [3.63, 3.8) is 0 Å². The molecule has 0 aromatic heterocycles. The van der Waals surface area contributed by atoms with Crippen molar-refractivity contribution in [1.82, 2.24) is 5.32 Å². The molecule has 1 atom stereocenters. The first-order chi connectivity index (χ1) is 7.81. The number of hydrogen-bond donors (Lipinski definition) is 1. The fourth-order valence-electron chi connectivity index (χ4n) is 1.13. The normalized spacial score (nSPS) is 12.9. The Morgan fingerprint density at radius 1 is 1.00 bits per heavy atom. The van der Waals surface area contributed by atoms with Crippen LogP contribution in [0.4, 0.5) is 0 Å². The Bertz CT molecular complexity index is 133. The minimum atomic E-state index is 0.584. The predicted molar refractivity (Wildman–Crippen MR) is 65.9 cm³/mol. The lowest BCUT2D eigenvalue weighted by atomic mass is 10.3. The molecule has 1 N–H and O–H groups in total. The van der Waals surface area contributed by atoms with Gasteiger partial charge in [-0.05, 0) is 19.8 Å². The quantitative estimate of drug-likeness (QED) is 0.518. The predicted octanol–water partition coefficient (Wildman–Crippen LogP) is 1.44. The highest BCUT2D eigenvalue weighted by atomic mass is 16.5. The summed E-state index contributed by atoms with van der Waals surface area (Å²) in [4.78, 5) is 0. The van der Waals surface area contributed by atoms with Crippen LogP contribution in [0.25, 0.3) is 0 Å². The summed E-state index contributed by atoms with van der Waals surface area (Å²) in [5.74, 6) is 0. The molecular weight excluding hydrogens is 206 g/mol. The van der Waals surface area contributed by atoms with Crippen LogP contribution in [-0.4, -0.2) is 52.7 Å². The van der Waals surface area contributed by atoms with Crippen molar-refractivity contribution in [3.05, 3.63) is 0 Å². The molecule has 0 aliphatic carbocycles. The molecule has 0 fully saturated rings. The van der Waals surface area contributed by atoms with E-state index in [2.05, 4.69) is 19.2 Å². The molecule has 0 aliphatic heterocycles. The fourth-order valence-corrected chi connectivity index (χ4v) is 1.13. The highest BCUT2D eigenvalue weighted by Crippen LogP contribution is 1.88. The van der Waals surface area contributed by atoms with Gasteiger partial charge in [0.15, 0.2) is 0 Å². The number of ether oxygens (including phenoxy) is 3. The van der Waals surface area contributed by atoms with Gasteiger partial charge >= 0.3 is 0 Å². The van der Waals surface area contributed by atoms with E-state index in [1.165, 1.54) is 0 Å². The third-order valence-corrected chi connectivity index (χ3v) is 2.36. The summed E-state index contributed by atoms with van der Waals surface area (Å²) < 4.78 is 15.6. The summed E-state index contributed by atoms with van der Waals surface area (Å²) in [6.45, 7) is 8.94. The van der Waals surface area contributed by atoms with Gasteiger partial charge in [-0.2, -0.15) is 0 Å². The van der Waals surface area contributed by atoms with Crippen LogP contribution in [0.5, 0.6) is 0 Å². The van der Waals surface area contributed by atoms with E-state index in [0.29, 0.717) is 19.3 Å². The topological polar surface area (TPSA) is 39.7 Å². The Balaban J connectivity index is 2.93. The van der Waals surface area contributed by atoms with Gasteiger partial charge in [-0.3, -0.25) is 0 Å². The lowest BCUT2D eigenvalue weighted by molar-refractivity contribution is 0.0516. The average Bonchev–Trinajstić information content (AvgIpc) is 2.31. The van der Waals surface area contributed by atoms with Gasteiger partial charge in [0.2, 0.25) is 0 Å². The maximum Gasteiger partial charge on any atom is 0.0700 e. The van der Waals surface area contributed by atoms with E-state index in [4.69, 9.17) is 14.2 Å². The van der Waals surface area contributed by atoms with Gasteiger partial charge in [-0.25, -0.2) is 0 Å². The fraction of sp³-hybridized carbons (Fsp3) is 1.00. The first-order valence-electron chi connectivity index (χ1n) is 6.19. The summed E-state index contributed by atoms with van der Waals surface area (Å²) in [5.41, 5.74) is 0. The zero-order valence-electron chi connectivity index (χ0n) is 11.0. The van der Waals surface area contributed by atoms with Gasteiger partial charge < -0.3 is 19.5 Å². The summed E-state index contributed by atoms with van der Waals surface area (Å²) in [5, 5.41) is 3.38. The van der Waals surface area contributed by atoms with Gasteiger partial charge in [0.25, 0.3) is 0 Å². The van der Waals surface area contributed by atoms with E-state index in [1.807, 2.05) is 0 Å². The second-order valence-corrected chi connectivity index (χ2v) is 3.83. The first kappa shape index (κ1) is 15.8. The number of nitrogens with one attached hydrogen (secondary N) is 1. The third-order valence-electron chi connectivity index (χ3n) is 2.36. The van der Waals surface area contributed by atoms with Crippen molar-refractivity contribution in [2.24, 2.45) is 0 Å². The van der Waals surface area contributed by atoms with E-state index in [-0.39, 0.29) is 0 Å². The molecule has 4 heteroatoms. The van der Waals surface area contributed by atoms with Gasteiger partial charge in [-0.1, -0.05) is 6.92 Å². The van der Waals surface area contributed by atoms with Crippen molar-refractivity contribution < 1.29 is 14.2 Å². The molecule has 0 aromatic rings. The zero-order valence-corrected chi connectivity index (χ0v) is 11.0. The molecule has 0 rings (SSSR count). The molecule has 1 unspecified atom stereocenters. The lowest BCUT2D eigenvalue weighted by Crippen LogP contribution is -2.28. The van der Waals surface area contributed by atoms with Crippen molar-refractivity contribution in [2.45, 2.75) is 32.7 Å². The number of methoxy groups -OCH3 is 1. The van der Waals surface area contributed by atoms with Gasteiger partial charge in [0.05, 0.1) is 19.8 Å². The molecule has 0 bridgehead atoms. The second-order valence-electron chi connectivity index (χ2n) is 3.83. The monoisotopic (exact) mass is 233 g/mol.